The second-order valence-electron chi connectivity index (χ2n) is 6.62. The van der Waals surface area contributed by atoms with Crippen molar-refractivity contribution in [3.05, 3.63) is 95.4 Å². The molecule has 2 heterocycles. The molecular weight excluding hydrogens is 363 g/mol. The molecule has 0 spiro atoms. The van der Waals surface area contributed by atoms with Crippen molar-refractivity contribution in [2.75, 3.05) is 5.32 Å². The van der Waals surface area contributed by atoms with Gasteiger partial charge in [0.2, 0.25) is 0 Å². The van der Waals surface area contributed by atoms with Crippen LogP contribution < -0.4 is 5.32 Å². The molecule has 0 aliphatic carbocycles. The van der Waals surface area contributed by atoms with Crippen LogP contribution in [0.25, 0.3) is 10.9 Å². The quantitative estimate of drug-likeness (QED) is 0.449. The highest BCUT2D eigenvalue weighted by atomic mass is 19.4. The van der Waals surface area contributed by atoms with E-state index < -0.39 is 17.8 Å². The number of hydrogen-bond acceptors (Lipinski definition) is 2. The third kappa shape index (κ3) is 3.33. The van der Waals surface area contributed by atoms with Crippen LogP contribution in [-0.4, -0.2) is 9.97 Å². The first-order valence-corrected chi connectivity index (χ1v) is 8.85. The van der Waals surface area contributed by atoms with Gasteiger partial charge < -0.3 is 10.3 Å². The lowest BCUT2D eigenvalue weighted by atomic mass is 9.96. The molecule has 142 valence electrons. The number of hydrogen-bond donors (Lipinski definition) is 2. The van der Waals surface area contributed by atoms with Gasteiger partial charge in [0.1, 0.15) is 0 Å². The Hall–Kier alpha value is -3.28. The van der Waals surface area contributed by atoms with E-state index in [1.165, 1.54) is 12.1 Å². The van der Waals surface area contributed by atoms with Gasteiger partial charge in [0.05, 0.1) is 11.6 Å². The van der Waals surface area contributed by atoms with Gasteiger partial charge in [0, 0.05) is 40.2 Å². The minimum atomic E-state index is -4.45. The minimum Gasteiger partial charge on any atom is -0.374 e. The van der Waals surface area contributed by atoms with Crippen LogP contribution in [0.3, 0.4) is 0 Å². The molecule has 3 nitrogen and oxygen atoms in total. The van der Waals surface area contributed by atoms with Gasteiger partial charge >= 0.3 is 6.18 Å². The lowest BCUT2D eigenvalue weighted by molar-refractivity contribution is -0.137. The molecule has 6 heteroatoms. The van der Waals surface area contributed by atoms with E-state index >= 15 is 0 Å². The van der Waals surface area contributed by atoms with Crippen LogP contribution in [0.5, 0.6) is 0 Å². The van der Waals surface area contributed by atoms with Gasteiger partial charge in [-0.2, -0.15) is 13.2 Å². The predicted octanol–water partition coefficient (Wildman–Crippen LogP) is 6.09. The first-order chi connectivity index (χ1) is 13.4. The fraction of sp³-hybridized carbons (Fsp3) is 0.136. The zero-order valence-electron chi connectivity index (χ0n) is 15.1. The van der Waals surface area contributed by atoms with Crippen LogP contribution >= 0.6 is 0 Å². The molecule has 2 aromatic heterocycles. The molecule has 2 aromatic carbocycles. The summed E-state index contributed by atoms with van der Waals surface area (Å²) in [5.41, 5.74) is 2.87. The molecule has 0 amide bonds. The van der Waals surface area contributed by atoms with Crippen molar-refractivity contribution in [1.82, 2.24) is 9.97 Å². The van der Waals surface area contributed by atoms with Crippen LogP contribution in [0.15, 0.2) is 73.1 Å². The molecule has 0 saturated carbocycles. The number of pyridine rings is 1. The summed E-state index contributed by atoms with van der Waals surface area (Å²) in [7, 11) is 0. The Balaban J connectivity index is 1.89. The Morgan fingerprint density at radius 1 is 0.964 bits per heavy atom. The number of halogens is 3. The Labute approximate surface area is 160 Å². The van der Waals surface area contributed by atoms with Crippen molar-refractivity contribution >= 4 is 16.6 Å². The zero-order chi connectivity index (χ0) is 19.7. The third-order valence-electron chi connectivity index (χ3n) is 4.78. The third-order valence-corrected chi connectivity index (χ3v) is 4.78. The summed E-state index contributed by atoms with van der Waals surface area (Å²) in [5, 5.41) is 4.09. The summed E-state index contributed by atoms with van der Waals surface area (Å²) < 4.78 is 40.6. The molecule has 0 fully saturated rings. The highest BCUT2D eigenvalue weighted by Gasteiger charge is 2.34. The van der Waals surface area contributed by atoms with Gasteiger partial charge in [-0.05, 0) is 36.8 Å². The number of aromatic nitrogens is 2. The molecule has 0 unspecified atom stereocenters. The fourth-order valence-corrected chi connectivity index (χ4v) is 3.55. The number of nitrogens with zero attached hydrogens (tertiary/aromatic N) is 1. The summed E-state index contributed by atoms with van der Waals surface area (Å²) in [6.45, 7) is 1.93. The summed E-state index contributed by atoms with van der Waals surface area (Å²) in [6, 6.07) is 16.5. The highest BCUT2D eigenvalue weighted by molar-refractivity contribution is 5.86. The van der Waals surface area contributed by atoms with E-state index in [1.54, 1.807) is 24.5 Å². The number of aryl methyl sites for hydroxylation is 1. The molecule has 2 N–H and O–H groups in total. The molecule has 0 bridgehead atoms. The van der Waals surface area contributed by atoms with Gasteiger partial charge in [-0.15, -0.1) is 0 Å². The Kier molecular flexibility index (Phi) is 4.55. The molecule has 0 radical (unpaired) electrons. The second kappa shape index (κ2) is 7.03. The van der Waals surface area contributed by atoms with Crippen molar-refractivity contribution in [2.45, 2.75) is 19.1 Å². The van der Waals surface area contributed by atoms with E-state index in [0.717, 1.165) is 33.8 Å². The number of alkyl halides is 3. The number of H-pyrrole nitrogens is 1. The van der Waals surface area contributed by atoms with Gasteiger partial charge in [0.25, 0.3) is 0 Å². The number of para-hydroxylation sites is 2. The number of fused-ring (bicyclic) bond motifs is 1. The van der Waals surface area contributed by atoms with Crippen molar-refractivity contribution in [3.63, 3.8) is 0 Å². The zero-order valence-corrected chi connectivity index (χ0v) is 15.1. The first-order valence-electron chi connectivity index (χ1n) is 8.85. The number of rotatable bonds is 4. The molecule has 1 atom stereocenters. The largest absolute Gasteiger partial charge is 0.418 e. The van der Waals surface area contributed by atoms with Crippen molar-refractivity contribution in [2.24, 2.45) is 0 Å². The lowest BCUT2D eigenvalue weighted by Crippen LogP contribution is -2.17. The maximum Gasteiger partial charge on any atom is 0.418 e. The molecule has 0 aliphatic rings. The van der Waals surface area contributed by atoms with E-state index in [4.69, 9.17) is 0 Å². The van der Waals surface area contributed by atoms with Crippen LogP contribution in [0.4, 0.5) is 18.9 Å². The summed E-state index contributed by atoms with van der Waals surface area (Å²) in [4.78, 5) is 7.49. The van der Waals surface area contributed by atoms with E-state index in [-0.39, 0.29) is 5.69 Å². The maximum atomic E-state index is 13.5. The summed E-state index contributed by atoms with van der Waals surface area (Å²) >= 11 is 0. The van der Waals surface area contributed by atoms with Crippen LogP contribution in [0.1, 0.15) is 28.4 Å². The fourth-order valence-electron chi connectivity index (χ4n) is 3.55. The predicted molar refractivity (Wildman–Crippen MR) is 104 cm³/mol. The lowest BCUT2D eigenvalue weighted by Gasteiger charge is -2.23. The van der Waals surface area contributed by atoms with Crippen LogP contribution in [0.2, 0.25) is 0 Å². The Bertz CT molecular complexity index is 1100. The Morgan fingerprint density at radius 3 is 2.46 bits per heavy atom. The number of benzene rings is 2. The maximum absolute atomic E-state index is 13.5. The number of aromatic amines is 1. The first kappa shape index (κ1) is 18.1. The average Bonchev–Trinajstić information content (AvgIpc) is 3.02. The van der Waals surface area contributed by atoms with Gasteiger partial charge in [-0.3, -0.25) is 4.98 Å². The summed E-state index contributed by atoms with van der Waals surface area (Å²) in [5.74, 6) is 0. The molecule has 4 aromatic rings. The van der Waals surface area contributed by atoms with E-state index in [2.05, 4.69) is 15.3 Å². The molecule has 28 heavy (non-hydrogen) atoms. The number of anilines is 1. The van der Waals surface area contributed by atoms with Crippen LogP contribution in [0, 0.1) is 6.92 Å². The smallest absolute Gasteiger partial charge is 0.374 e. The van der Waals surface area contributed by atoms with E-state index in [0.29, 0.717) is 0 Å². The van der Waals surface area contributed by atoms with Gasteiger partial charge in [0.15, 0.2) is 0 Å². The number of nitrogens with one attached hydrogen (secondary N) is 2. The monoisotopic (exact) mass is 381 g/mol. The van der Waals surface area contributed by atoms with Gasteiger partial charge in [-0.1, -0.05) is 36.4 Å². The standard InChI is InChI=1S/C22H18F3N3/c1-14-20(16-8-2-4-10-18(16)27-14)21(15-7-6-12-26-13-15)28-19-11-5-3-9-17(19)22(23,24)25/h2-13,21,27-28H,1H3/t21-/m0/s1. The molecular formula is C22H18F3N3. The van der Waals surface area contributed by atoms with Crippen molar-refractivity contribution in [1.29, 1.82) is 0 Å². The topological polar surface area (TPSA) is 40.7 Å². The minimum absolute atomic E-state index is 0.0357. The SMILES string of the molecule is Cc1[nH]c2ccccc2c1[C@@H](Nc1ccccc1C(F)(F)F)c1cccnc1. The van der Waals surface area contributed by atoms with Gasteiger partial charge in [-0.25, -0.2) is 0 Å². The van der Waals surface area contributed by atoms with Crippen molar-refractivity contribution < 1.29 is 13.2 Å². The van der Waals surface area contributed by atoms with Crippen molar-refractivity contribution in [3.8, 4) is 0 Å². The average molecular weight is 381 g/mol. The summed E-state index contributed by atoms with van der Waals surface area (Å²) in [6.07, 6.45) is -1.13. The molecule has 0 aliphatic heterocycles. The normalized spacial score (nSPS) is 12.9. The Morgan fingerprint density at radius 2 is 1.71 bits per heavy atom. The second-order valence-corrected chi connectivity index (χ2v) is 6.62. The molecule has 4 rings (SSSR count). The van der Waals surface area contributed by atoms with E-state index in [9.17, 15) is 13.2 Å². The molecule has 0 saturated heterocycles. The van der Waals surface area contributed by atoms with Crippen LogP contribution in [-0.2, 0) is 6.18 Å². The van der Waals surface area contributed by atoms with E-state index in [1.807, 2.05) is 37.3 Å². The highest BCUT2D eigenvalue weighted by Crippen LogP contribution is 2.39.